The summed E-state index contributed by atoms with van der Waals surface area (Å²) >= 11 is 0. The van der Waals surface area contributed by atoms with Gasteiger partial charge in [0.15, 0.2) is 0 Å². The first kappa shape index (κ1) is 13.4. The molecule has 0 aliphatic carbocycles. The van der Waals surface area contributed by atoms with E-state index in [4.69, 9.17) is 5.84 Å². The van der Waals surface area contributed by atoms with Gasteiger partial charge >= 0.3 is 0 Å². The van der Waals surface area contributed by atoms with E-state index in [2.05, 4.69) is 4.72 Å². The van der Waals surface area contributed by atoms with Crippen molar-refractivity contribution in [1.82, 2.24) is 0 Å². The normalized spacial score (nSPS) is 10.4. The van der Waals surface area contributed by atoms with E-state index in [1.807, 2.05) is 42.5 Å². The molecule has 0 amide bonds. The zero-order chi connectivity index (χ0) is 13.7. The second kappa shape index (κ2) is 6.21. The molecule has 2 aromatic rings. The fourth-order valence-electron chi connectivity index (χ4n) is 1.70. The fourth-order valence-corrected chi connectivity index (χ4v) is 2.06. The lowest BCUT2D eigenvalue weighted by Gasteiger charge is -2.18. The van der Waals surface area contributed by atoms with Gasteiger partial charge in [0.05, 0.1) is 12.2 Å². The highest BCUT2D eigenvalue weighted by Gasteiger charge is 2.02. The zero-order valence-electron chi connectivity index (χ0n) is 10.2. The molecule has 0 bridgehead atoms. The number of hydrogen-bond donors (Lipinski definition) is 3. The fraction of sp³-hybridized carbons (Fsp3) is 0.0769. The molecular weight excluding hydrogens is 262 g/mol. The van der Waals surface area contributed by atoms with Crippen LogP contribution in [0.3, 0.4) is 0 Å². The predicted molar refractivity (Wildman–Crippen MR) is 77.2 cm³/mol. The minimum Gasteiger partial charge on any atom is -0.307 e. The molecule has 100 valence electrons. The van der Waals surface area contributed by atoms with Crippen molar-refractivity contribution in [3.05, 3.63) is 60.2 Å². The van der Waals surface area contributed by atoms with Gasteiger partial charge in [-0.25, -0.2) is 14.3 Å². The molecule has 6 heteroatoms. The summed E-state index contributed by atoms with van der Waals surface area (Å²) in [7, 11) is -2.62. The van der Waals surface area contributed by atoms with Crippen LogP contribution >= 0.6 is 0 Å². The number of para-hydroxylation sites is 1. The van der Waals surface area contributed by atoms with Crippen LogP contribution in [-0.2, 0) is 17.4 Å². The van der Waals surface area contributed by atoms with Crippen LogP contribution in [-0.4, -0.2) is 8.42 Å². The molecule has 0 aromatic heterocycles. The third-order valence-corrected chi connectivity index (χ3v) is 3.06. The van der Waals surface area contributed by atoms with Crippen molar-refractivity contribution >= 4 is 22.3 Å². The summed E-state index contributed by atoms with van der Waals surface area (Å²) < 4.78 is 23.4. The lowest BCUT2D eigenvalue weighted by Crippen LogP contribution is -2.29. The molecule has 0 fully saturated rings. The van der Waals surface area contributed by atoms with Crippen LogP contribution in [0.2, 0.25) is 0 Å². The molecule has 5 nitrogen and oxygen atoms in total. The highest BCUT2D eigenvalue weighted by atomic mass is 32.2. The standard InChI is InChI=1S/C13H15N3O2S/c14-16(13-4-2-1-3-5-13)10-11-6-8-12(9-7-11)15-19(17)18/h1-9,19H,10,14H2,(H,15,17,18). The Morgan fingerprint density at radius 2 is 1.63 bits per heavy atom. The van der Waals surface area contributed by atoms with Crippen LogP contribution < -0.4 is 15.6 Å². The molecule has 0 heterocycles. The first-order valence-corrected chi connectivity index (χ1v) is 6.90. The van der Waals surface area contributed by atoms with Gasteiger partial charge in [0.1, 0.15) is 0 Å². The van der Waals surface area contributed by atoms with Crippen molar-refractivity contribution in [2.24, 2.45) is 5.84 Å². The van der Waals surface area contributed by atoms with E-state index in [9.17, 15) is 8.42 Å². The Morgan fingerprint density at radius 3 is 2.21 bits per heavy atom. The summed E-state index contributed by atoms with van der Waals surface area (Å²) in [6.07, 6.45) is 0. The van der Waals surface area contributed by atoms with E-state index >= 15 is 0 Å². The van der Waals surface area contributed by atoms with Gasteiger partial charge in [-0.3, -0.25) is 4.72 Å². The Morgan fingerprint density at radius 1 is 1.00 bits per heavy atom. The van der Waals surface area contributed by atoms with Gasteiger partial charge in [-0.15, -0.1) is 0 Å². The topological polar surface area (TPSA) is 75.4 Å². The summed E-state index contributed by atoms with van der Waals surface area (Å²) in [5.74, 6) is 5.97. The van der Waals surface area contributed by atoms with E-state index in [-0.39, 0.29) is 0 Å². The average molecular weight is 277 g/mol. The Balaban J connectivity index is 2.03. The highest BCUT2D eigenvalue weighted by molar-refractivity contribution is 7.73. The first-order valence-electron chi connectivity index (χ1n) is 5.72. The molecule has 0 aliphatic rings. The van der Waals surface area contributed by atoms with Crippen LogP contribution in [0, 0.1) is 0 Å². The zero-order valence-corrected chi connectivity index (χ0v) is 11.1. The van der Waals surface area contributed by atoms with Crippen molar-refractivity contribution in [1.29, 1.82) is 0 Å². The minimum absolute atomic E-state index is 0.545. The summed E-state index contributed by atoms with van der Waals surface area (Å²) in [6, 6.07) is 16.7. The number of hydrogen-bond acceptors (Lipinski definition) is 4. The number of rotatable bonds is 5. The second-order valence-electron chi connectivity index (χ2n) is 4.03. The number of hydrazine groups is 1. The molecule has 0 saturated heterocycles. The minimum atomic E-state index is -2.62. The SMILES string of the molecule is NN(Cc1ccc(N[SH](=O)=O)cc1)c1ccccc1. The van der Waals surface area contributed by atoms with E-state index in [1.54, 1.807) is 17.1 Å². The molecule has 0 unspecified atom stereocenters. The molecular formula is C13H15N3O2S. The Kier molecular flexibility index (Phi) is 4.38. The number of anilines is 2. The number of nitrogens with one attached hydrogen (secondary N) is 1. The largest absolute Gasteiger partial charge is 0.307 e. The molecule has 0 spiro atoms. The Hall–Kier alpha value is -2.05. The van der Waals surface area contributed by atoms with Gasteiger partial charge in [-0.2, -0.15) is 0 Å². The molecule has 0 saturated carbocycles. The third kappa shape index (κ3) is 3.97. The van der Waals surface area contributed by atoms with Crippen LogP contribution in [0.5, 0.6) is 0 Å². The lowest BCUT2D eigenvalue weighted by atomic mass is 10.2. The maximum atomic E-state index is 10.5. The van der Waals surface area contributed by atoms with Crippen LogP contribution in [0.1, 0.15) is 5.56 Å². The summed E-state index contributed by atoms with van der Waals surface area (Å²) in [5, 5.41) is 1.64. The summed E-state index contributed by atoms with van der Waals surface area (Å²) in [6.45, 7) is 0.549. The summed E-state index contributed by atoms with van der Waals surface area (Å²) in [4.78, 5) is 0. The number of benzene rings is 2. The Labute approximate surface area is 113 Å². The maximum absolute atomic E-state index is 10.5. The van der Waals surface area contributed by atoms with Gasteiger partial charge in [-0.05, 0) is 29.8 Å². The van der Waals surface area contributed by atoms with Crippen molar-refractivity contribution in [2.75, 3.05) is 9.73 Å². The van der Waals surface area contributed by atoms with Crippen molar-refractivity contribution in [2.45, 2.75) is 6.54 Å². The van der Waals surface area contributed by atoms with E-state index in [0.717, 1.165) is 11.3 Å². The van der Waals surface area contributed by atoms with E-state index in [0.29, 0.717) is 12.2 Å². The van der Waals surface area contributed by atoms with Crippen LogP contribution in [0.15, 0.2) is 54.6 Å². The quantitative estimate of drug-likeness (QED) is 0.440. The molecule has 2 rings (SSSR count). The average Bonchev–Trinajstić information content (AvgIpc) is 2.41. The predicted octanol–water partition coefficient (Wildman–Crippen LogP) is 1.51. The van der Waals surface area contributed by atoms with Gasteiger partial charge in [0.25, 0.3) is 0 Å². The van der Waals surface area contributed by atoms with Crippen LogP contribution in [0.4, 0.5) is 11.4 Å². The van der Waals surface area contributed by atoms with Crippen molar-refractivity contribution in [3.8, 4) is 0 Å². The molecule has 0 radical (unpaired) electrons. The molecule has 19 heavy (non-hydrogen) atoms. The van der Waals surface area contributed by atoms with Gasteiger partial charge < -0.3 is 5.01 Å². The first-order chi connectivity index (χ1) is 9.15. The van der Waals surface area contributed by atoms with Crippen LogP contribution in [0.25, 0.3) is 0 Å². The number of thiol groups is 1. The van der Waals surface area contributed by atoms with Gasteiger partial charge in [0, 0.05) is 5.69 Å². The molecule has 0 aliphatic heterocycles. The van der Waals surface area contributed by atoms with E-state index < -0.39 is 10.9 Å². The highest BCUT2D eigenvalue weighted by Crippen LogP contribution is 2.15. The summed E-state index contributed by atoms with van der Waals surface area (Å²) in [5.41, 5.74) is 2.47. The van der Waals surface area contributed by atoms with Crippen molar-refractivity contribution in [3.63, 3.8) is 0 Å². The van der Waals surface area contributed by atoms with Crippen molar-refractivity contribution < 1.29 is 8.42 Å². The number of nitrogens with two attached hydrogens (primary N) is 1. The monoisotopic (exact) mass is 277 g/mol. The maximum Gasteiger partial charge on any atom is 0.222 e. The van der Waals surface area contributed by atoms with Gasteiger partial charge in [-0.1, -0.05) is 30.3 Å². The lowest BCUT2D eigenvalue weighted by molar-refractivity contribution is 0.619. The molecule has 3 N–H and O–H groups in total. The number of nitrogens with zero attached hydrogens (tertiary/aromatic N) is 1. The third-order valence-electron chi connectivity index (χ3n) is 2.62. The Bertz CT molecular complexity index is 589. The second-order valence-corrected chi connectivity index (χ2v) is 4.77. The van der Waals surface area contributed by atoms with E-state index in [1.165, 1.54) is 0 Å². The molecule has 2 aromatic carbocycles. The molecule has 0 atom stereocenters. The van der Waals surface area contributed by atoms with Gasteiger partial charge in [0.2, 0.25) is 10.9 Å². The smallest absolute Gasteiger partial charge is 0.222 e.